The summed E-state index contributed by atoms with van der Waals surface area (Å²) in [5.41, 5.74) is 14.8. The van der Waals surface area contributed by atoms with Gasteiger partial charge in [0.05, 0.1) is 11.6 Å². The predicted molar refractivity (Wildman–Crippen MR) is 145 cm³/mol. The van der Waals surface area contributed by atoms with Crippen molar-refractivity contribution in [2.75, 3.05) is 13.6 Å². The van der Waals surface area contributed by atoms with Crippen LogP contribution in [0.25, 0.3) is 0 Å². The zero-order valence-electron chi connectivity index (χ0n) is 21.4. The van der Waals surface area contributed by atoms with Gasteiger partial charge in [-0.3, -0.25) is 14.6 Å². The Bertz CT molecular complexity index is 1140. The molecule has 0 aromatic heterocycles. The minimum absolute atomic E-state index is 0.0918. The number of carbonyl (C=O) groups is 3. The highest BCUT2D eigenvalue weighted by molar-refractivity contribution is 6.11. The number of aliphatic carboxylic acids is 1. The van der Waals surface area contributed by atoms with Crippen LogP contribution in [0, 0.1) is 13.8 Å². The van der Waals surface area contributed by atoms with Gasteiger partial charge in [-0.15, -0.1) is 0 Å². The molecule has 0 aliphatic heterocycles. The lowest BCUT2D eigenvalue weighted by molar-refractivity contribution is -0.141. The van der Waals surface area contributed by atoms with Crippen LogP contribution >= 0.6 is 0 Å². The Balaban J connectivity index is 2.19. The maximum atomic E-state index is 12.6. The number of benzene rings is 2. The Morgan fingerprint density at radius 1 is 1.08 bits per heavy atom. The first-order chi connectivity index (χ1) is 17.6. The number of carbonyl (C=O) groups excluding carboxylic acids is 2. The fraction of sp³-hybridized carbons (Fsp3) is 0.286. The van der Waals surface area contributed by atoms with Gasteiger partial charge in [-0.1, -0.05) is 59.7 Å². The van der Waals surface area contributed by atoms with Crippen molar-refractivity contribution in [1.29, 1.82) is 0 Å². The summed E-state index contributed by atoms with van der Waals surface area (Å²) in [6.07, 6.45) is 5.58. The number of hydrogen-bond donors (Lipinski definition) is 4. The van der Waals surface area contributed by atoms with E-state index in [1.807, 2.05) is 50.1 Å². The average Bonchev–Trinajstić information content (AvgIpc) is 2.83. The number of amides is 1. The summed E-state index contributed by atoms with van der Waals surface area (Å²) in [6, 6.07) is 15.2. The number of nitrogens with zero attached hydrogens (tertiary/aromatic N) is 2. The van der Waals surface area contributed by atoms with Crippen molar-refractivity contribution in [3.8, 4) is 0 Å². The van der Waals surface area contributed by atoms with Crippen LogP contribution < -0.4 is 16.8 Å². The highest BCUT2D eigenvalue weighted by Crippen LogP contribution is 2.29. The summed E-state index contributed by atoms with van der Waals surface area (Å²) in [4.78, 5) is 41.5. The molecule has 0 saturated heterocycles. The number of aldehydes is 1. The Morgan fingerprint density at radius 3 is 2.16 bits per heavy atom. The minimum Gasteiger partial charge on any atom is -0.480 e. The number of allylic oxidation sites excluding steroid dienone is 2. The van der Waals surface area contributed by atoms with Gasteiger partial charge in [0.2, 0.25) is 0 Å². The van der Waals surface area contributed by atoms with E-state index in [0.717, 1.165) is 22.3 Å². The third-order valence-corrected chi connectivity index (χ3v) is 5.66. The topological polar surface area (TPSA) is 151 Å². The molecule has 0 saturated carbocycles. The molecule has 2 aromatic rings. The van der Waals surface area contributed by atoms with Gasteiger partial charge in [0.15, 0.2) is 12.2 Å². The fourth-order valence-corrected chi connectivity index (χ4v) is 3.88. The smallest absolute Gasteiger partial charge is 0.326 e. The number of guanidine groups is 1. The van der Waals surface area contributed by atoms with E-state index in [9.17, 15) is 19.5 Å². The molecule has 196 valence electrons. The summed E-state index contributed by atoms with van der Waals surface area (Å²) >= 11 is 0. The summed E-state index contributed by atoms with van der Waals surface area (Å²) < 4.78 is 0. The van der Waals surface area contributed by atoms with E-state index >= 15 is 0 Å². The lowest BCUT2D eigenvalue weighted by Crippen LogP contribution is -2.41. The van der Waals surface area contributed by atoms with Gasteiger partial charge in [0.25, 0.3) is 5.91 Å². The summed E-state index contributed by atoms with van der Waals surface area (Å²) in [5, 5.41) is 11.8. The van der Waals surface area contributed by atoms with E-state index in [1.165, 1.54) is 6.08 Å². The van der Waals surface area contributed by atoms with E-state index in [1.54, 1.807) is 12.3 Å². The Kier molecular flexibility index (Phi) is 11.1. The van der Waals surface area contributed by atoms with E-state index in [-0.39, 0.29) is 30.5 Å². The zero-order valence-corrected chi connectivity index (χ0v) is 21.4. The molecule has 0 fully saturated rings. The van der Waals surface area contributed by atoms with Crippen LogP contribution in [0.3, 0.4) is 0 Å². The first-order valence-corrected chi connectivity index (χ1v) is 11.9. The maximum Gasteiger partial charge on any atom is 0.326 e. The van der Waals surface area contributed by atoms with E-state index in [0.29, 0.717) is 12.7 Å². The molecule has 1 unspecified atom stereocenters. The number of carboxylic acid groups (broad SMARTS) is 1. The monoisotopic (exact) mass is 505 g/mol. The lowest BCUT2D eigenvalue weighted by Gasteiger charge is -2.28. The third kappa shape index (κ3) is 9.29. The third-order valence-electron chi connectivity index (χ3n) is 5.66. The summed E-state index contributed by atoms with van der Waals surface area (Å²) in [5.74, 6) is -2.07. The highest BCUT2D eigenvalue weighted by Gasteiger charge is 2.21. The van der Waals surface area contributed by atoms with Crippen LogP contribution in [0.15, 0.2) is 77.4 Å². The van der Waals surface area contributed by atoms with Gasteiger partial charge in [0, 0.05) is 13.6 Å². The SMILES string of the molecule is Cc1cccc(C(c2cccc(C)c2)N(C)/C=C\C=C(/C=O)C(=O)NC(CCCN=C(N)N)C(=O)O)c1. The first kappa shape index (κ1) is 28.8. The van der Waals surface area contributed by atoms with Crippen molar-refractivity contribution in [3.05, 3.63) is 94.7 Å². The summed E-state index contributed by atoms with van der Waals surface area (Å²) in [6.45, 7) is 4.31. The lowest BCUT2D eigenvalue weighted by atomic mass is 9.95. The number of nitrogens with two attached hydrogens (primary N) is 2. The fourth-order valence-electron chi connectivity index (χ4n) is 3.88. The second kappa shape index (κ2) is 14.2. The van der Waals surface area contributed by atoms with Crippen LogP contribution in [-0.2, 0) is 14.4 Å². The Morgan fingerprint density at radius 2 is 1.68 bits per heavy atom. The molecule has 9 heteroatoms. The molecule has 0 radical (unpaired) electrons. The van der Waals surface area contributed by atoms with Gasteiger partial charge in [0.1, 0.15) is 6.04 Å². The molecule has 0 spiro atoms. The number of carboxylic acids is 1. The van der Waals surface area contributed by atoms with Gasteiger partial charge in [-0.2, -0.15) is 0 Å². The molecule has 2 aromatic carbocycles. The van der Waals surface area contributed by atoms with Gasteiger partial charge < -0.3 is 26.8 Å². The number of aliphatic imine (C=N–C) groups is 1. The van der Waals surface area contributed by atoms with Crippen molar-refractivity contribution in [3.63, 3.8) is 0 Å². The Labute approximate surface area is 217 Å². The standard InChI is InChI=1S/C28H35N5O4/c1-19-8-4-10-21(16-19)25(22-11-5-9-20(2)17-22)33(3)15-7-12-23(18-34)26(35)32-24(27(36)37)13-6-14-31-28(29)30/h4-5,7-12,15-18,24-25H,6,13-14H2,1-3H3,(H,32,35)(H,36,37)(H4,29,30,31)/b15-7-,23-12+. The molecule has 0 aliphatic carbocycles. The number of nitrogens with one attached hydrogen (secondary N) is 1. The quantitative estimate of drug-likeness (QED) is 0.0477. The van der Waals surface area contributed by atoms with E-state index < -0.39 is 17.9 Å². The van der Waals surface area contributed by atoms with Crippen molar-refractivity contribution in [1.82, 2.24) is 10.2 Å². The molecular weight excluding hydrogens is 470 g/mol. The molecule has 6 N–H and O–H groups in total. The van der Waals surface area contributed by atoms with Crippen LogP contribution in [0.1, 0.15) is 41.1 Å². The second-order valence-corrected chi connectivity index (χ2v) is 8.79. The van der Waals surface area contributed by atoms with Crippen LogP contribution in [0.4, 0.5) is 0 Å². The zero-order chi connectivity index (χ0) is 27.4. The van der Waals surface area contributed by atoms with Gasteiger partial charge in [-0.25, -0.2) is 4.79 Å². The van der Waals surface area contributed by atoms with Crippen LogP contribution in [0.5, 0.6) is 0 Å². The van der Waals surface area contributed by atoms with Crippen molar-refractivity contribution < 1.29 is 19.5 Å². The predicted octanol–water partition coefficient (Wildman–Crippen LogP) is 2.59. The Hall–Kier alpha value is -4.40. The number of rotatable bonds is 13. The van der Waals surface area contributed by atoms with Gasteiger partial charge in [-0.05, 0) is 56.2 Å². The second-order valence-electron chi connectivity index (χ2n) is 8.79. The normalized spacial score (nSPS) is 12.3. The van der Waals surface area contributed by atoms with E-state index in [2.05, 4.69) is 34.6 Å². The van der Waals surface area contributed by atoms with Crippen LogP contribution in [-0.4, -0.2) is 53.8 Å². The molecular formula is C28H35N5O4. The molecule has 9 nitrogen and oxygen atoms in total. The van der Waals surface area contributed by atoms with Crippen LogP contribution in [0.2, 0.25) is 0 Å². The van der Waals surface area contributed by atoms with Crippen molar-refractivity contribution in [2.45, 2.75) is 38.8 Å². The largest absolute Gasteiger partial charge is 0.480 e. The van der Waals surface area contributed by atoms with E-state index in [4.69, 9.17) is 11.5 Å². The van der Waals surface area contributed by atoms with Crippen molar-refractivity contribution in [2.24, 2.45) is 16.5 Å². The molecule has 0 aliphatic rings. The first-order valence-electron chi connectivity index (χ1n) is 11.9. The molecule has 37 heavy (non-hydrogen) atoms. The molecule has 1 amide bonds. The molecule has 0 heterocycles. The van der Waals surface area contributed by atoms with Crippen molar-refractivity contribution >= 4 is 24.1 Å². The average molecular weight is 506 g/mol. The highest BCUT2D eigenvalue weighted by atomic mass is 16.4. The summed E-state index contributed by atoms with van der Waals surface area (Å²) in [7, 11) is 1.91. The number of hydrogen-bond acceptors (Lipinski definition) is 5. The van der Waals surface area contributed by atoms with Gasteiger partial charge >= 0.3 is 5.97 Å². The molecule has 1 atom stereocenters. The minimum atomic E-state index is -1.21. The molecule has 0 bridgehead atoms. The molecule has 2 rings (SSSR count). The number of aryl methyl sites for hydroxylation is 2. The maximum absolute atomic E-state index is 12.6.